The van der Waals surface area contributed by atoms with Gasteiger partial charge in [0.1, 0.15) is 5.70 Å². The van der Waals surface area contributed by atoms with Crippen molar-refractivity contribution in [2.75, 3.05) is 7.11 Å². The summed E-state index contributed by atoms with van der Waals surface area (Å²) in [6, 6.07) is -0.242. The summed E-state index contributed by atoms with van der Waals surface area (Å²) in [6.45, 7) is 8.73. The number of aliphatic hydroxyl groups excluding tert-OH is 1. The second kappa shape index (κ2) is 6.02. The molecule has 1 aliphatic heterocycles. The molecule has 1 amide bonds. The molecule has 19 heavy (non-hydrogen) atoms. The Kier molecular flexibility index (Phi) is 4.89. The summed E-state index contributed by atoms with van der Waals surface area (Å²) < 4.78 is 4.72. The molecule has 3 atom stereocenters. The quantitative estimate of drug-likeness (QED) is 0.352. The van der Waals surface area contributed by atoms with E-state index in [0.29, 0.717) is 12.0 Å². The minimum absolute atomic E-state index is 0.242. The first-order valence-electron chi connectivity index (χ1n) is 6.24. The normalized spacial score (nSPS) is 23.4. The van der Waals surface area contributed by atoms with E-state index < -0.39 is 18.0 Å². The zero-order valence-electron chi connectivity index (χ0n) is 11.8. The van der Waals surface area contributed by atoms with Crippen LogP contribution in [0, 0.1) is 5.92 Å². The standard InChI is InChI=1S/C14H21NO4/c1-6-7-10-11(9(4)16)13(17)15(10)12(8(2)3)14(18)19-5/h6,9-11,16H,1,7H2,2-5H3/t9?,10-,11+/m1/s1. The average Bonchev–Trinajstić information content (AvgIpc) is 2.33. The van der Waals surface area contributed by atoms with Crippen molar-refractivity contribution in [2.45, 2.75) is 39.3 Å². The van der Waals surface area contributed by atoms with Gasteiger partial charge in [0.15, 0.2) is 0 Å². The predicted octanol–water partition coefficient (Wildman–Crippen LogP) is 1.24. The van der Waals surface area contributed by atoms with Crippen molar-refractivity contribution in [2.24, 2.45) is 5.92 Å². The first-order valence-corrected chi connectivity index (χ1v) is 6.24. The summed E-state index contributed by atoms with van der Waals surface area (Å²) in [4.78, 5) is 25.4. The molecule has 0 saturated carbocycles. The van der Waals surface area contributed by atoms with Gasteiger partial charge in [-0.1, -0.05) is 6.08 Å². The van der Waals surface area contributed by atoms with Gasteiger partial charge in [0.05, 0.1) is 25.2 Å². The van der Waals surface area contributed by atoms with Crippen LogP contribution in [0.5, 0.6) is 0 Å². The Balaban J connectivity index is 3.11. The predicted molar refractivity (Wildman–Crippen MR) is 71.0 cm³/mol. The van der Waals surface area contributed by atoms with Crippen molar-refractivity contribution in [3.63, 3.8) is 0 Å². The number of carbonyl (C=O) groups is 2. The molecule has 0 aromatic carbocycles. The van der Waals surface area contributed by atoms with E-state index in [2.05, 4.69) is 6.58 Å². The minimum atomic E-state index is -0.746. The van der Waals surface area contributed by atoms with Gasteiger partial charge in [-0.15, -0.1) is 6.58 Å². The van der Waals surface area contributed by atoms with E-state index in [9.17, 15) is 14.7 Å². The Hall–Kier alpha value is -1.62. The fourth-order valence-electron chi connectivity index (χ4n) is 2.43. The number of ether oxygens (including phenoxy) is 1. The van der Waals surface area contributed by atoms with E-state index in [0.717, 1.165) is 0 Å². The summed E-state index contributed by atoms with van der Waals surface area (Å²) in [5.41, 5.74) is 0.967. The molecular weight excluding hydrogens is 246 g/mol. The van der Waals surface area contributed by atoms with Crippen molar-refractivity contribution < 1.29 is 19.4 Å². The molecule has 1 unspecified atom stereocenters. The van der Waals surface area contributed by atoms with E-state index in [1.54, 1.807) is 26.8 Å². The van der Waals surface area contributed by atoms with Gasteiger partial charge >= 0.3 is 5.97 Å². The zero-order valence-corrected chi connectivity index (χ0v) is 11.8. The topological polar surface area (TPSA) is 66.8 Å². The van der Waals surface area contributed by atoms with Crippen molar-refractivity contribution in [3.05, 3.63) is 23.9 Å². The van der Waals surface area contributed by atoms with Crippen molar-refractivity contribution in [1.82, 2.24) is 4.90 Å². The van der Waals surface area contributed by atoms with E-state index in [-0.39, 0.29) is 17.6 Å². The molecule has 1 fully saturated rings. The number of methoxy groups -OCH3 is 1. The number of hydrogen-bond acceptors (Lipinski definition) is 4. The summed E-state index contributed by atoms with van der Waals surface area (Å²) in [6.07, 6.45) is 1.46. The third-order valence-corrected chi connectivity index (χ3v) is 3.29. The van der Waals surface area contributed by atoms with E-state index in [1.807, 2.05) is 0 Å². The van der Waals surface area contributed by atoms with Gasteiger partial charge < -0.3 is 14.7 Å². The fourth-order valence-corrected chi connectivity index (χ4v) is 2.43. The lowest BCUT2D eigenvalue weighted by molar-refractivity contribution is -0.164. The van der Waals surface area contributed by atoms with Crippen LogP contribution in [0.15, 0.2) is 23.9 Å². The van der Waals surface area contributed by atoms with Gasteiger partial charge in [0.2, 0.25) is 5.91 Å². The average molecular weight is 267 g/mol. The first-order chi connectivity index (χ1) is 8.86. The number of β-lactam (4-membered cyclic amide) rings is 1. The second-order valence-electron chi connectivity index (χ2n) is 4.91. The molecule has 0 bridgehead atoms. The molecule has 5 heteroatoms. The Morgan fingerprint density at radius 1 is 1.58 bits per heavy atom. The van der Waals surface area contributed by atoms with Crippen LogP contribution in [0.25, 0.3) is 0 Å². The van der Waals surface area contributed by atoms with E-state index in [4.69, 9.17) is 4.74 Å². The van der Waals surface area contributed by atoms with Gasteiger partial charge in [0, 0.05) is 0 Å². The molecule has 1 aliphatic rings. The Morgan fingerprint density at radius 2 is 2.16 bits per heavy atom. The number of likely N-dealkylation sites (tertiary alicyclic amines) is 1. The molecule has 106 valence electrons. The monoisotopic (exact) mass is 267 g/mol. The van der Waals surface area contributed by atoms with Crippen LogP contribution in [0.1, 0.15) is 27.2 Å². The van der Waals surface area contributed by atoms with Crippen LogP contribution >= 0.6 is 0 Å². The highest BCUT2D eigenvalue weighted by Gasteiger charge is 2.51. The highest BCUT2D eigenvalue weighted by atomic mass is 16.5. The van der Waals surface area contributed by atoms with Crippen molar-refractivity contribution in [3.8, 4) is 0 Å². The molecular formula is C14H21NO4. The molecule has 0 spiro atoms. The van der Waals surface area contributed by atoms with Crippen LogP contribution < -0.4 is 0 Å². The number of esters is 1. The largest absolute Gasteiger partial charge is 0.464 e. The summed E-state index contributed by atoms with van der Waals surface area (Å²) in [7, 11) is 1.28. The maximum atomic E-state index is 12.1. The maximum Gasteiger partial charge on any atom is 0.354 e. The number of aliphatic hydroxyl groups is 1. The van der Waals surface area contributed by atoms with Crippen LogP contribution in [-0.2, 0) is 14.3 Å². The minimum Gasteiger partial charge on any atom is -0.464 e. The fraction of sp³-hybridized carbons (Fsp3) is 0.571. The number of hydrogen-bond donors (Lipinski definition) is 1. The molecule has 0 aromatic heterocycles. The van der Waals surface area contributed by atoms with Crippen LogP contribution in [-0.4, -0.2) is 41.1 Å². The number of nitrogens with zero attached hydrogens (tertiary/aromatic N) is 1. The highest BCUT2D eigenvalue weighted by Crippen LogP contribution is 2.36. The number of carbonyl (C=O) groups excluding carboxylic acids is 2. The second-order valence-corrected chi connectivity index (χ2v) is 4.91. The van der Waals surface area contributed by atoms with E-state index >= 15 is 0 Å². The summed E-state index contributed by atoms with van der Waals surface area (Å²) >= 11 is 0. The van der Waals surface area contributed by atoms with Crippen LogP contribution in [0.3, 0.4) is 0 Å². The number of amides is 1. The Bertz CT molecular complexity index is 421. The lowest BCUT2D eigenvalue weighted by Crippen LogP contribution is -2.64. The molecule has 0 aromatic rings. The molecule has 0 aliphatic carbocycles. The molecule has 1 saturated heterocycles. The smallest absolute Gasteiger partial charge is 0.354 e. The zero-order chi connectivity index (χ0) is 14.7. The molecule has 5 nitrogen and oxygen atoms in total. The van der Waals surface area contributed by atoms with Crippen LogP contribution in [0.2, 0.25) is 0 Å². The summed E-state index contributed by atoms with van der Waals surface area (Å²) in [5.74, 6) is -1.27. The number of rotatable bonds is 5. The molecule has 1 N–H and O–H groups in total. The molecule has 1 heterocycles. The summed E-state index contributed by atoms with van der Waals surface area (Å²) in [5, 5.41) is 9.66. The van der Waals surface area contributed by atoms with E-state index in [1.165, 1.54) is 12.0 Å². The van der Waals surface area contributed by atoms with Crippen molar-refractivity contribution >= 4 is 11.9 Å². The van der Waals surface area contributed by atoms with Crippen molar-refractivity contribution in [1.29, 1.82) is 0 Å². The first kappa shape index (κ1) is 15.4. The Morgan fingerprint density at radius 3 is 2.53 bits per heavy atom. The van der Waals surface area contributed by atoms with Gasteiger partial charge in [-0.2, -0.15) is 0 Å². The van der Waals surface area contributed by atoms with Gasteiger partial charge in [-0.05, 0) is 32.8 Å². The lowest BCUT2D eigenvalue weighted by atomic mass is 9.80. The highest BCUT2D eigenvalue weighted by molar-refractivity contribution is 5.98. The van der Waals surface area contributed by atoms with Gasteiger partial charge in [-0.25, -0.2) is 4.79 Å². The Labute approximate surface area is 113 Å². The third-order valence-electron chi connectivity index (χ3n) is 3.29. The van der Waals surface area contributed by atoms with Crippen LogP contribution in [0.4, 0.5) is 0 Å². The lowest BCUT2D eigenvalue weighted by Gasteiger charge is -2.48. The molecule has 1 rings (SSSR count). The SMILES string of the molecule is C=CC[C@@H]1[C@H](C(C)O)C(=O)N1C(C(=O)OC)=C(C)C. The molecule has 0 radical (unpaired) electrons. The maximum absolute atomic E-state index is 12.1. The van der Waals surface area contributed by atoms with Gasteiger partial charge in [0.25, 0.3) is 0 Å². The van der Waals surface area contributed by atoms with Gasteiger partial charge in [-0.3, -0.25) is 4.79 Å². The number of allylic oxidation sites excluding steroid dienone is 1. The third kappa shape index (κ3) is 2.71.